The van der Waals surface area contributed by atoms with E-state index in [1.807, 2.05) is 17.8 Å². The van der Waals surface area contributed by atoms with Crippen molar-refractivity contribution in [3.8, 4) is 0 Å². The van der Waals surface area contributed by atoms with Crippen LogP contribution in [0, 0.1) is 0 Å². The van der Waals surface area contributed by atoms with Crippen molar-refractivity contribution in [3.63, 3.8) is 0 Å². The summed E-state index contributed by atoms with van der Waals surface area (Å²) in [5.74, 6) is 1.10. The van der Waals surface area contributed by atoms with Gasteiger partial charge in [-0.05, 0) is 18.2 Å². The summed E-state index contributed by atoms with van der Waals surface area (Å²) in [6, 6.07) is 10.9. The number of benzene rings is 1. The highest BCUT2D eigenvalue weighted by atomic mass is 32.2. The van der Waals surface area contributed by atoms with Crippen molar-refractivity contribution in [2.24, 2.45) is 0 Å². The molecule has 1 heterocycles. The van der Waals surface area contributed by atoms with Crippen molar-refractivity contribution in [2.45, 2.75) is 25.8 Å². The Morgan fingerprint density at radius 1 is 1.26 bits per heavy atom. The fourth-order valence-corrected chi connectivity index (χ4v) is 3.36. The summed E-state index contributed by atoms with van der Waals surface area (Å²) < 4.78 is 0. The van der Waals surface area contributed by atoms with Crippen LogP contribution in [0.2, 0.25) is 0 Å². The minimum absolute atomic E-state index is 0.479. The SMILES string of the molecule is CCC(CSC)Nc1nnc(Cc2ccccc2)s1. The van der Waals surface area contributed by atoms with E-state index < -0.39 is 0 Å². The maximum atomic E-state index is 4.26. The van der Waals surface area contributed by atoms with Crippen LogP contribution in [-0.2, 0) is 6.42 Å². The summed E-state index contributed by atoms with van der Waals surface area (Å²) in [4.78, 5) is 0. The van der Waals surface area contributed by atoms with Gasteiger partial charge in [0, 0.05) is 18.2 Å². The van der Waals surface area contributed by atoms with Crippen LogP contribution in [0.25, 0.3) is 0 Å². The van der Waals surface area contributed by atoms with Crippen LogP contribution in [0.15, 0.2) is 30.3 Å². The molecule has 3 nitrogen and oxygen atoms in total. The van der Waals surface area contributed by atoms with Crippen LogP contribution in [0.4, 0.5) is 5.13 Å². The quantitative estimate of drug-likeness (QED) is 0.845. The first kappa shape index (κ1) is 14.3. The van der Waals surface area contributed by atoms with Gasteiger partial charge in [0.2, 0.25) is 5.13 Å². The lowest BCUT2D eigenvalue weighted by molar-refractivity contribution is 0.770. The maximum Gasteiger partial charge on any atom is 0.205 e. The van der Waals surface area contributed by atoms with Gasteiger partial charge in [0.05, 0.1) is 0 Å². The molecule has 0 saturated carbocycles. The molecule has 0 aliphatic carbocycles. The standard InChI is InChI=1S/C14H19N3S2/c1-3-12(10-18-2)15-14-17-16-13(19-14)9-11-7-5-4-6-8-11/h4-8,12H,3,9-10H2,1-2H3,(H,15,17). The van der Waals surface area contributed by atoms with Gasteiger partial charge < -0.3 is 5.32 Å². The Labute approximate surface area is 122 Å². The van der Waals surface area contributed by atoms with Gasteiger partial charge in [-0.1, -0.05) is 48.6 Å². The highest BCUT2D eigenvalue weighted by molar-refractivity contribution is 7.98. The Morgan fingerprint density at radius 3 is 2.74 bits per heavy atom. The monoisotopic (exact) mass is 293 g/mol. The second kappa shape index (κ2) is 7.50. The molecular weight excluding hydrogens is 274 g/mol. The maximum absolute atomic E-state index is 4.26. The summed E-state index contributed by atoms with van der Waals surface area (Å²) in [6.07, 6.45) is 4.10. The predicted octanol–water partition coefficient (Wildman–Crippen LogP) is 3.68. The molecule has 1 N–H and O–H groups in total. The molecule has 0 spiro atoms. The summed E-state index contributed by atoms with van der Waals surface area (Å²) in [7, 11) is 0. The number of anilines is 1. The van der Waals surface area contributed by atoms with E-state index in [1.54, 1.807) is 11.3 Å². The second-order valence-corrected chi connectivity index (χ2v) is 6.34. The molecule has 0 radical (unpaired) electrons. The van der Waals surface area contributed by atoms with E-state index in [9.17, 15) is 0 Å². The second-order valence-electron chi connectivity index (χ2n) is 4.37. The topological polar surface area (TPSA) is 37.8 Å². The van der Waals surface area contributed by atoms with Crippen molar-refractivity contribution < 1.29 is 0 Å². The first-order chi connectivity index (χ1) is 9.31. The zero-order chi connectivity index (χ0) is 13.5. The van der Waals surface area contributed by atoms with Crippen molar-refractivity contribution >= 4 is 28.2 Å². The van der Waals surface area contributed by atoms with Crippen molar-refractivity contribution in [1.82, 2.24) is 10.2 Å². The van der Waals surface area contributed by atoms with Gasteiger partial charge in [-0.25, -0.2) is 0 Å². The molecular formula is C14H19N3S2. The number of rotatable bonds is 7. The van der Waals surface area contributed by atoms with Crippen molar-refractivity contribution in [1.29, 1.82) is 0 Å². The van der Waals surface area contributed by atoms with Gasteiger partial charge in [0.25, 0.3) is 0 Å². The van der Waals surface area contributed by atoms with Crippen LogP contribution in [-0.4, -0.2) is 28.2 Å². The Bertz CT molecular complexity index is 484. The highest BCUT2D eigenvalue weighted by Crippen LogP contribution is 2.20. The van der Waals surface area contributed by atoms with Crippen LogP contribution in [0.5, 0.6) is 0 Å². The summed E-state index contributed by atoms with van der Waals surface area (Å²) in [5.41, 5.74) is 1.28. The smallest absolute Gasteiger partial charge is 0.205 e. The van der Waals surface area contributed by atoms with E-state index in [0.717, 1.165) is 28.7 Å². The Kier molecular flexibility index (Phi) is 5.66. The number of aromatic nitrogens is 2. The van der Waals surface area contributed by atoms with E-state index in [1.165, 1.54) is 5.56 Å². The van der Waals surface area contributed by atoms with E-state index in [2.05, 4.69) is 53.0 Å². The summed E-state index contributed by atoms with van der Waals surface area (Å²) >= 11 is 3.51. The minimum atomic E-state index is 0.479. The third-order valence-electron chi connectivity index (χ3n) is 2.85. The van der Waals surface area contributed by atoms with E-state index in [0.29, 0.717) is 6.04 Å². The molecule has 2 rings (SSSR count). The molecule has 1 aromatic heterocycles. The Morgan fingerprint density at radius 2 is 2.05 bits per heavy atom. The molecule has 1 unspecified atom stereocenters. The molecule has 1 atom stereocenters. The molecule has 0 fully saturated rings. The Balaban J connectivity index is 1.95. The Hall–Kier alpha value is -1.07. The van der Waals surface area contributed by atoms with Gasteiger partial charge in [-0.3, -0.25) is 0 Å². The average Bonchev–Trinajstić information content (AvgIpc) is 2.86. The number of thioether (sulfide) groups is 1. The molecule has 0 bridgehead atoms. The normalized spacial score (nSPS) is 12.3. The van der Waals surface area contributed by atoms with Crippen LogP contribution < -0.4 is 5.32 Å². The average molecular weight is 293 g/mol. The van der Waals surface area contributed by atoms with Crippen LogP contribution >= 0.6 is 23.1 Å². The predicted molar refractivity (Wildman–Crippen MR) is 85.2 cm³/mol. The molecule has 19 heavy (non-hydrogen) atoms. The van der Waals surface area contributed by atoms with E-state index >= 15 is 0 Å². The lowest BCUT2D eigenvalue weighted by Crippen LogP contribution is -2.20. The largest absolute Gasteiger partial charge is 0.357 e. The number of nitrogens with one attached hydrogen (secondary N) is 1. The van der Waals surface area contributed by atoms with Gasteiger partial charge >= 0.3 is 0 Å². The molecule has 102 valence electrons. The number of hydrogen-bond acceptors (Lipinski definition) is 5. The number of hydrogen-bond donors (Lipinski definition) is 1. The zero-order valence-corrected chi connectivity index (χ0v) is 12.9. The third kappa shape index (κ3) is 4.51. The molecule has 2 aromatic rings. The van der Waals surface area contributed by atoms with Crippen LogP contribution in [0.1, 0.15) is 23.9 Å². The van der Waals surface area contributed by atoms with E-state index in [-0.39, 0.29) is 0 Å². The lowest BCUT2D eigenvalue weighted by Gasteiger charge is -2.13. The molecule has 0 amide bonds. The van der Waals surface area contributed by atoms with Gasteiger partial charge in [-0.2, -0.15) is 11.8 Å². The zero-order valence-electron chi connectivity index (χ0n) is 11.3. The fraction of sp³-hybridized carbons (Fsp3) is 0.429. The van der Waals surface area contributed by atoms with Gasteiger partial charge in [0.15, 0.2) is 0 Å². The molecule has 1 aromatic carbocycles. The minimum Gasteiger partial charge on any atom is -0.357 e. The first-order valence-corrected chi connectivity index (χ1v) is 8.64. The summed E-state index contributed by atoms with van der Waals surface area (Å²) in [5, 5.41) is 13.9. The van der Waals surface area contributed by atoms with E-state index in [4.69, 9.17) is 0 Å². The third-order valence-corrected chi connectivity index (χ3v) is 4.44. The molecule has 0 saturated heterocycles. The van der Waals surface area contributed by atoms with Crippen LogP contribution in [0.3, 0.4) is 0 Å². The van der Waals surface area contributed by atoms with Crippen molar-refractivity contribution in [3.05, 3.63) is 40.9 Å². The first-order valence-electron chi connectivity index (χ1n) is 6.43. The fourth-order valence-electron chi connectivity index (χ4n) is 1.79. The van der Waals surface area contributed by atoms with Crippen molar-refractivity contribution in [2.75, 3.05) is 17.3 Å². The van der Waals surface area contributed by atoms with Gasteiger partial charge in [-0.15, -0.1) is 10.2 Å². The van der Waals surface area contributed by atoms with Gasteiger partial charge in [0.1, 0.15) is 5.01 Å². The summed E-state index contributed by atoms with van der Waals surface area (Å²) in [6.45, 7) is 2.19. The highest BCUT2D eigenvalue weighted by Gasteiger charge is 2.09. The lowest BCUT2D eigenvalue weighted by atomic mass is 10.2. The number of nitrogens with zero attached hydrogens (tertiary/aromatic N) is 2. The molecule has 0 aliphatic rings. The molecule has 0 aliphatic heterocycles. The molecule has 5 heteroatoms.